The Bertz CT molecular complexity index is 1510. The van der Waals surface area contributed by atoms with Gasteiger partial charge in [-0.2, -0.15) is 0 Å². The zero-order valence-corrected chi connectivity index (χ0v) is 24.8. The molecular formula is C37H40N2O5. The summed E-state index contributed by atoms with van der Waals surface area (Å²) in [5, 5.41) is 22.4. The maximum absolute atomic E-state index is 12.7. The summed E-state index contributed by atoms with van der Waals surface area (Å²) in [6.45, 7) is 2.30. The molecule has 2 aliphatic rings. The molecule has 7 heteroatoms. The van der Waals surface area contributed by atoms with Crippen LogP contribution in [0.1, 0.15) is 64.3 Å². The van der Waals surface area contributed by atoms with Gasteiger partial charge in [-0.3, -0.25) is 9.69 Å². The molecule has 2 fully saturated rings. The minimum absolute atomic E-state index is 0.00649. The van der Waals surface area contributed by atoms with Crippen molar-refractivity contribution < 1.29 is 24.5 Å². The molecule has 3 N–H and O–H groups in total. The van der Waals surface area contributed by atoms with E-state index in [9.17, 15) is 15.0 Å². The number of likely N-dealkylation sites (tertiary alicyclic amines) is 1. The predicted molar refractivity (Wildman–Crippen MR) is 170 cm³/mol. The third kappa shape index (κ3) is 7.09. The van der Waals surface area contributed by atoms with Crippen molar-refractivity contribution >= 4 is 5.91 Å². The molecule has 2 heterocycles. The average Bonchev–Trinajstić information content (AvgIpc) is 3.54. The van der Waals surface area contributed by atoms with Crippen molar-refractivity contribution in [2.75, 3.05) is 19.7 Å². The standard InChI is InChI=1S/C37H40N2O5/c40-24-26-12-14-28(15-13-26)35-21-33(23-39-20-6-10-32(39)25-41)43-37(44-35)30-18-16-27(17-19-30)34-11-5-4-9-31(34)22-38-36(42)29-7-2-1-3-8-29/h1-5,7-9,11-19,32-33,35,37,40-41H,6,10,20-25H2,(H,38,42). The molecule has 44 heavy (non-hydrogen) atoms. The number of amides is 1. The first-order chi connectivity index (χ1) is 21.6. The number of hydrogen-bond donors (Lipinski definition) is 3. The normalized spacial score (nSPS) is 22.1. The summed E-state index contributed by atoms with van der Waals surface area (Å²) in [5.41, 5.74) is 6.64. The van der Waals surface area contributed by atoms with Crippen molar-refractivity contribution in [3.63, 3.8) is 0 Å². The van der Waals surface area contributed by atoms with E-state index in [0.717, 1.165) is 59.3 Å². The third-order valence-corrected chi connectivity index (χ3v) is 8.75. The minimum atomic E-state index is -0.541. The average molecular weight is 593 g/mol. The van der Waals surface area contributed by atoms with E-state index in [1.165, 1.54) is 0 Å². The molecule has 6 rings (SSSR count). The van der Waals surface area contributed by atoms with E-state index < -0.39 is 6.29 Å². The van der Waals surface area contributed by atoms with Gasteiger partial charge in [-0.1, -0.05) is 91.0 Å². The lowest BCUT2D eigenvalue weighted by molar-refractivity contribution is -0.253. The summed E-state index contributed by atoms with van der Waals surface area (Å²) >= 11 is 0. The third-order valence-electron chi connectivity index (χ3n) is 8.75. The zero-order chi connectivity index (χ0) is 30.3. The first-order valence-electron chi connectivity index (χ1n) is 15.5. The largest absolute Gasteiger partial charge is 0.395 e. The maximum atomic E-state index is 12.7. The molecule has 4 aromatic carbocycles. The fourth-order valence-electron chi connectivity index (χ4n) is 6.28. The molecule has 0 saturated carbocycles. The molecule has 0 spiro atoms. The van der Waals surface area contributed by atoms with Gasteiger partial charge in [0.2, 0.25) is 0 Å². The highest BCUT2D eigenvalue weighted by Crippen LogP contribution is 2.39. The SMILES string of the molecule is O=C(NCc1ccccc1-c1ccc(C2OC(CN3CCCC3CO)CC(c3ccc(CO)cc3)O2)cc1)c1ccccc1. The van der Waals surface area contributed by atoms with Crippen LogP contribution < -0.4 is 5.32 Å². The number of nitrogens with one attached hydrogen (secondary N) is 1. The van der Waals surface area contributed by atoms with Crippen LogP contribution in [0, 0.1) is 0 Å². The lowest BCUT2D eigenvalue weighted by Gasteiger charge is -2.38. The van der Waals surface area contributed by atoms with Crippen LogP contribution in [-0.4, -0.2) is 52.9 Å². The second-order valence-corrected chi connectivity index (χ2v) is 11.7. The van der Waals surface area contributed by atoms with Gasteiger partial charge in [-0.25, -0.2) is 0 Å². The fraction of sp³-hybridized carbons (Fsp3) is 0.324. The first-order valence-corrected chi connectivity index (χ1v) is 15.5. The molecule has 0 radical (unpaired) electrons. The Morgan fingerprint density at radius 3 is 2.32 bits per heavy atom. The van der Waals surface area contributed by atoms with Gasteiger partial charge in [0.25, 0.3) is 5.91 Å². The van der Waals surface area contributed by atoms with Gasteiger partial charge in [-0.15, -0.1) is 0 Å². The molecule has 7 nitrogen and oxygen atoms in total. The zero-order valence-electron chi connectivity index (χ0n) is 24.8. The van der Waals surface area contributed by atoms with Crippen LogP contribution in [0.15, 0.2) is 103 Å². The fourth-order valence-corrected chi connectivity index (χ4v) is 6.28. The molecule has 1 amide bonds. The van der Waals surface area contributed by atoms with Crippen molar-refractivity contribution in [2.24, 2.45) is 0 Å². The second kappa shape index (κ2) is 14.3. The lowest BCUT2D eigenvalue weighted by atomic mass is 9.97. The van der Waals surface area contributed by atoms with Crippen molar-refractivity contribution in [1.82, 2.24) is 10.2 Å². The smallest absolute Gasteiger partial charge is 0.251 e. The highest BCUT2D eigenvalue weighted by Gasteiger charge is 2.35. The Morgan fingerprint density at radius 2 is 1.57 bits per heavy atom. The summed E-state index contributed by atoms with van der Waals surface area (Å²) in [6, 6.07) is 33.7. The van der Waals surface area contributed by atoms with Gasteiger partial charge in [0.05, 0.1) is 25.4 Å². The second-order valence-electron chi connectivity index (χ2n) is 11.7. The van der Waals surface area contributed by atoms with Gasteiger partial charge < -0.3 is 25.0 Å². The summed E-state index contributed by atoms with van der Waals surface area (Å²) in [6.07, 6.45) is 2.05. The molecule has 2 saturated heterocycles. The highest BCUT2D eigenvalue weighted by atomic mass is 16.7. The molecule has 4 unspecified atom stereocenters. The van der Waals surface area contributed by atoms with Gasteiger partial charge >= 0.3 is 0 Å². The Kier molecular flexibility index (Phi) is 9.80. The number of hydrogen-bond acceptors (Lipinski definition) is 6. The molecule has 0 aliphatic carbocycles. The van der Waals surface area contributed by atoms with Crippen molar-refractivity contribution in [3.05, 3.63) is 131 Å². The summed E-state index contributed by atoms with van der Waals surface area (Å²) in [7, 11) is 0. The highest BCUT2D eigenvalue weighted by molar-refractivity contribution is 5.94. The van der Waals surface area contributed by atoms with E-state index in [0.29, 0.717) is 18.5 Å². The van der Waals surface area contributed by atoms with Gasteiger partial charge in [0.1, 0.15) is 0 Å². The van der Waals surface area contributed by atoms with E-state index >= 15 is 0 Å². The first kappa shape index (κ1) is 30.2. The summed E-state index contributed by atoms with van der Waals surface area (Å²) < 4.78 is 13.1. The van der Waals surface area contributed by atoms with Crippen LogP contribution in [0.3, 0.4) is 0 Å². The predicted octanol–water partition coefficient (Wildman–Crippen LogP) is 5.78. The van der Waals surface area contributed by atoms with Gasteiger partial charge in [0, 0.05) is 36.7 Å². The number of rotatable bonds is 10. The van der Waals surface area contributed by atoms with E-state index in [4.69, 9.17) is 9.47 Å². The Hall–Kier alpha value is -3.85. The molecule has 4 atom stereocenters. The minimum Gasteiger partial charge on any atom is -0.395 e. The van der Waals surface area contributed by atoms with Crippen molar-refractivity contribution in [1.29, 1.82) is 0 Å². The number of carbonyl (C=O) groups excluding carboxylic acids is 1. The lowest BCUT2D eigenvalue weighted by Crippen LogP contribution is -2.42. The quantitative estimate of drug-likeness (QED) is 0.216. The van der Waals surface area contributed by atoms with Crippen LogP contribution in [0.2, 0.25) is 0 Å². The molecule has 4 aromatic rings. The van der Waals surface area contributed by atoms with E-state index in [2.05, 4.69) is 40.5 Å². The monoisotopic (exact) mass is 592 g/mol. The van der Waals surface area contributed by atoms with Crippen LogP contribution >= 0.6 is 0 Å². The number of nitrogens with zero attached hydrogens (tertiary/aromatic N) is 1. The Morgan fingerprint density at radius 1 is 0.841 bits per heavy atom. The van der Waals surface area contributed by atoms with Crippen LogP contribution in [0.25, 0.3) is 11.1 Å². The molecule has 2 aliphatic heterocycles. The molecule has 228 valence electrons. The van der Waals surface area contributed by atoms with Crippen LogP contribution in [0.5, 0.6) is 0 Å². The van der Waals surface area contributed by atoms with E-state index in [1.54, 1.807) is 0 Å². The van der Waals surface area contributed by atoms with Crippen LogP contribution in [-0.2, 0) is 22.6 Å². The topological polar surface area (TPSA) is 91.3 Å². The molecule has 0 aromatic heterocycles. The summed E-state index contributed by atoms with van der Waals surface area (Å²) in [5.74, 6) is -0.100. The van der Waals surface area contributed by atoms with Crippen LogP contribution in [0.4, 0.5) is 0 Å². The summed E-state index contributed by atoms with van der Waals surface area (Å²) in [4.78, 5) is 15.0. The maximum Gasteiger partial charge on any atom is 0.251 e. The number of ether oxygens (including phenoxy) is 2. The Labute approximate surface area is 259 Å². The molecular weight excluding hydrogens is 552 g/mol. The van der Waals surface area contributed by atoms with E-state index in [-0.39, 0.29) is 37.4 Å². The van der Waals surface area contributed by atoms with Crippen molar-refractivity contribution in [2.45, 2.75) is 57.0 Å². The van der Waals surface area contributed by atoms with Crippen molar-refractivity contribution in [3.8, 4) is 11.1 Å². The Balaban J connectivity index is 1.19. The number of aliphatic hydroxyl groups is 2. The number of benzene rings is 4. The van der Waals surface area contributed by atoms with E-state index in [1.807, 2.05) is 72.8 Å². The number of carbonyl (C=O) groups is 1. The number of aliphatic hydroxyl groups excluding tert-OH is 2. The molecule has 0 bridgehead atoms. The van der Waals surface area contributed by atoms with Gasteiger partial charge in [0.15, 0.2) is 6.29 Å². The van der Waals surface area contributed by atoms with Gasteiger partial charge in [-0.05, 0) is 59.3 Å².